The molecule has 1 N–H and O–H groups in total. The molecule has 6 nitrogen and oxygen atoms in total. The molecule has 0 atom stereocenters. The van der Waals surface area contributed by atoms with E-state index in [-0.39, 0.29) is 19.0 Å². The van der Waals surface area contributed by atoms with Gasteiger partial charge in [-0.1, -0.05) is 30.3 Å². The number of hydrogen-bond donors (Lipinski definition) is 1. The molecule has 0 aliphatic rings. The highest BCUT2D eigenvalue weighted by Crippen LogP contribution is 2.05. The summed E-state index contributed by atoms with van der Waals surface area (Å²) in [6, 6.07) is 9.52. The second-order valence-electron chi connectivity index (χ2n) is 4.48. The number of nitrogens with zero attached hydrogens (tertiary/aromatic N) is 1. The van der Waals surface area contributed by atoms with Crippen LogP contribution >= 0.6 is 0 Å². The fourth-order valence-corrected chi connectivity index (χ4v) is 1.74. The van der Waals surface area contributed by atoms with Gasteiger partial charge in [0.25, 0.3) is 0 Å². The smallest absolute Gasteiger partial charge is 0.325 e. The number of rotatable bonds is 9. The van der Waals surface area contributed by atoms with Crippen LogP contribution in [0.2, 0.25) is 0 Å². The maximum atomic E-state index is 12.2. The van der Waals surface area contributed by atoms with Crippen LogP contribution in [0.5, 0.6) is 0 Å². The summed E-state index contributed by atoms with van der Waals surface area (Å²) in [5, 5.41) is 2.98. The highest BCUT2D eigenvalue weighted by atomic mass is 16.5. The lowest BCUT2D eigenvalue weighted by Crippen LogP contribution is -2.41. The molecular weight excluding hydrogens is 272 g/mol. The fourth-order valence-electron chi connectivity index (χ4n) is 1.74. The van der Waals surface area contributed by atoms with Crippen molar-refractivity contribution < 1.29 is 19.1 Å². The Morgan fingerprint density at radius 3 is 2.52 bits per heavy atom. The molecule has 0 saturated heterocycles. The van der Waals surface area contributed by atoms with Gasteiger partial charge in [-0.25, -0.2) is 0 Å². The first-order chi connectivity index (χ1) is 10.2. The molecule has 0 fully saturated rings. The molecule has 0 saturated carbocycles. The standard InChI is InChI=1S/C15H22N2O4/c1-20-9-8-16-10-14(18)17(12-15(19)21-2)11-13-6-4-3-5-7-13/h3-7,16H,8-12H2,1-2H3. The molecule has 0 radical (unpaired) electrons. The first-order valence-electron chi connectivity index (χ1n) is 6.75. The predicted molar refractivity (Wildman–Crippen MR) is 78.6 cm³/mol. The summed E-state index contributed by atoms with van der Waals surface area (Å²) in [7, 11) is 2.91. The van der Waals surface area contributed by atoms with Crippen LogP contribution in [0.1, 0.15) is 5.56 Å². The second kappa shape index (κ2) is 9.90. The van der Waals surface area contributed by atoms with Crippen LogP contribution in [0.3, 0.4) is 0 Å². The minimum absolute atomic E-state index is 0.0593. The van der Waals surface area contributed by atoms with Crippen molar-refractivity contribution in [1.82, 2.24) is 10.2 Å². The zero-order chi connectivity index (χ0) is 15.5. The third-order valence-corrected chi connectivity index (χ3v) is 2.88. The van der Waals surface area contributed by atoms with Gasteiger partial charge in [-0.15, -0.1) is 0 Å². The molecule has 0 bridgehead atoms. The molecule has 1 aromatic carbocycles. The molecule has 0 aliphatic carbocycles. The van der Waals surface area contributed by atoms with E-state index >= 15 is 0 Å². The maximum absolute atomic E-state index is 12.2. The number of esters is 1. The fraction of sp³-hybridized carbons (Fsp3) is 0.467. The molecule has 0 unspecified atom stereocenters. The summed E-state index contributed by atoms with van der Waals surface area (Å²) in [5.74, 6) is -0.587. The van der Waals surface area contributed by atoms with Gasteiger partial charge >= 0.3 is 5.97 Å². The van der Waals surface area contributed by atoms with E-state index in [0.717, 1.165) is 5.56 Å². The number of carbonyl (C=O) groups excluding carboxylic acids is 2. The molecule has 1 aromatic rings. The third kappa shape index (κ3) is 6.87. The first kappa shape index (κ1) is 17.1. The van der Waals surface area contributed by atoms with Gasteiger partial charge in [0.05, 0.1) is 20.3 Å². The molecule has 1 amide bonds. The summed E-state index contributed by atoms with van der Waals surface area (Å²) in [4.78, 5) is 25.1. The van der Waals surface area contributed by atoms with Crippen molar-refractivity contribution >= 4 is 11.9 Å². The average molecular weight is 294 g/mol. The summed E-state index contributed by atoms with van der Waals surface area (Å²) in [5.41, 5.74) is 0.964. The molecule has 0 aromatic heterocycles. The topological polar surface area (TPSA) is 67.9 Å². The van der Waals surface area contributed by atoms with E-state index in [0.29, 0.717) is 19.7 Å². The zero-order valence-electron chi connectivity index (χ0n) is 12.5. The Balaban J connectivity index is 2.58. The lowest BCUT2D eigenvalue weighted by Gasteiger charge is -2.21. The van der Waals surface area contributed by atoms with Gasteiger partial charge in [-0.05, 0) is 5.56 Å². The van der Waals surface area contributed by atoms with E-state index < -0.39 is 5.97 Å². The lowest BCUT2D eigenvalue weighted by atomic mass is 10.2. The van der Waals surface area contributed by atoms with Crippen molar-refractivity contribution in [2.45, 2.75) is 6.54 Å². The van der Waals surface area contributed by atoms with Crippen LogP contribution < -0.4 is 5.32 Å². The molecule has 0 aliphatic heterocycles. The minimum atomic E-state index is -0.434. The maximum Gasteiger partial charge on any atom is 0.325 e. The van der Waals surface area contributed by atoms with E-state index in [2.05, 4.69) is 10.1 Å². The normalized spacial score (nSPS) is 10.2. The number of hydrogen-bond acceptors (Lipinski definition) is 5. The van der Waals surface area contributed by atoms with Crippen molar-refractivity contribution in [3.63, 3.8) is 0 Å². The molecule has 6 heteroatoms. The van der Waals surface area contributed by atoms with Crippen molar-refractivity contribution in [1.29, 1.82) is 0 Å². The van der Waals surface area contributed by atoms with Gasteiger partial charge in [-0.3, -0.25) is 9.59 Å². The van der Waals surface area contributed by atoms with Gasteiger partial charge in [0.2, 0.25) is 5.91 Å². The Bertz CT molecular complexity index is 437. The highest BCUT2D eigenvalue weighted by Gasteiger charge is 2.17. The zero-order valence-corrected chi connectivity index (χ0v) is 12.5. The van der Waals surface area contributed by atoms with Gasteiger partial charge in [0, 0.05) is 20.2 Å². The molecule has 21 heavy (non-hydrogen) atoms. The summed E-state index contributed by atoms with van der Waals surface area (Å²) >= 11 is 0. The number of nitrogens with one attached hydrogen (secondary N) is 1. The molecular formula is C15H22N2O4. The second-order valence-corrected chi connectivity index (χ2v) is 4.48. The van der Waals surface area contributed by atoms with Crippen molar-refractivity contribution in [2.75, 3.05) is 40.5 Å². The molecule has 116 valence electrons. The Kier molecular flexibility index (Phi) is 8.08. The summed E-state index contributed by atoms with van der Waals surface area (Å²) in [6.07, 6.45) is 0. The minimum Gasteiger partial charge on any atom is -0.468 e. The number of carbonyl (C=O) groups is 2. The number of amides is 1. The molecule has 0 spiro atoms. The van der Waals surface area contributed by atoms with Gasteiger partial charge < -0.3 is 19.7 Å². The Morgan fingerprint density at radius 2 is 1.90 bits per heavy atom. The van der Waals surface area contributed by atoms with Crippen molar-refractivity contribution in [3.8, 4) is 0 Å². The number of ether oxygens (including phenoxy) is 2. The van der Waals surface area contributed by atoms with Crippen LogP contribution in [0, 0.1) is 0 Å². The third-order valence-electron chi connectivity index (χ3n) is 2.88. The van der Waals surface area contributed by atoms with E-state index in [1.165, 1.54) is 12.0 Å². The SMILES string of the molecule is COCCNCC(=O)N(CC(=O)OC)Cc1ccccc1. The van der Waals surface area contributed by atoms with E-state index in [1.54, 1.807) is 7.11 Å². The van der Waals surface area contributed by atoms with Crippen LogP contribution in [0.25, 0.3) is 0 Å². The van der Waals surface area contributed by atoms with Crippen LogP contribution in [-0.4, -0.2) is 57.2 Å². The average Bonchev–Trinajstić information content (AvgIpc) is 2.51. The van der Waals surface area contributed by atoms with Crippen LogP contribution in [0.15, 0.2) is 30.3 Å². The Morgan fingerprint density at radius 1 is 1.19 bits per heavy atom. The van der Waals surface area contributed by atoms with E-state index in [9.17, 15) is 9.59 Å². The predicted octanol–water partition coefficient (Wildman–Crippen LogP) is 0.424. The lowest BCUT2D eigenvalue weighted by molar-refractivity contribution is -0.147. The van der Waals surface area contributed by atoms with Gasteiger partial charge in [0.15, 0.2) is 0 Å². The number of benzene rings is 1. The highest BCUT2D eigenvalue weighted by molar-refractivity contribution is 5.83. The number of methoxy groups -OCH3 is 2. The van der Waals surface area contributed by atoms with Crippen molar-refractivity contribution in [2.24, 2.45) is 0 Å². The van der Waals surface area contributed by atoms with E-state index in [1.807, 2.05) is 30.3 Å². The van der Waals surface area contributed by atoms with Crippen LogP contribution in [0.4, 0.5) is 0 Å². The quantitative estimate of drug-likeness (QED) is 0.528. The Labute approximate surface area is 125 Å². The molecule has 0 heterocycles. The largest absolute Gasteiger partial charge is 0.468 e. The van der Waals surface area contributed by atoms with Gasteiger partial charge in [-0.2, -0.15) is 0 Å². The Hall–Kier alpha value is -1.92. The summed E-state index contributed by atoms with van der Waals surface area (Å²) < 4.78 is 9.54. The van der Waals surface area contributed by atoms with Gasteiger partial charge in [0.1, 0.15) is 6.54 Å². The van der Waals surface area contributed by atoms with Crippen LogP contribution in [-0.2, 0) is 25.6 Å². The van der Waals surface area contributed by atoms with Crippen molar-refractivity contribution in [3.05, 3.63) is 35.9 Å². The summed E-state index contributed by atoms with van der Waals surface area (Å²) in [6.45, 7) is 1.59. The molecule has 1 rings (SSSR count). The monoisotopic (exact) mass is 294 g/mol. The van der Waals surface area contributed by atoms with E-state index in [4.69, 9.17) is 4.74 Å². The first-order valence-corrected chi connectivity index (χ1v) is 6.75.